The minimum Gasteiger partial charge on any atom is -0.478 e. The SMILES string of the molecule is O=C(O)C=C1Sc2ccccc2N(Cc2ccc(Cl)c(Cl)c2)C1=S. The van der Waals surface area contributed by atoms with Crippen LogP contribution in [0.5, 0.6) is 0 Å². The van der Waals surface area contributed by atoms with E-state index in [0.717, 1.165) is 22.2 Å². The van der Waals surface area contributed by atoms with Gasteiger partial charge in [-0.2, -0.15) is 0 Å². The second-order valence-corrected chi connectivity index (χ2v) is 7.34. The van der Waals surface area contributed by atoms with Crippen LogP contribution < -0.4 is 4.90 Å². The van der Waals surface area contributed by atoms with E-state index in [1.807, 2.05) is 35.2 Å². The topological polar surface area (TPSA) is 40.5 Å². The van der Waals surface area contributed by atoms with Crippen molar-refractivity contribution >= 4 is 63.8 Å². The van der Waals surface area contributed by atoms with Crippen LogP contribution in [0.1, 0.15) is 5.56 Å². The Morgan fingerprint density at radius 3 is 2.67 bits per heavy atom. The molecular formula is C17H11Cl2NO2S2. The number of fused-ring (bicyclic) bond motifs is 1. The van der Waals surface area contributed by atoms with Gasteiger partial charge in [0.25, 0.3) is 0 Å². The number of hydrogen-bond donors (Lipinski definition) is 1. The minimum atomic E-state index is -1.02. The molecule has 0 saturated heterocycles. The molecule has 0 bridgehead atoms. The summed E-state index contributed by atoms with van der Waals surface area (Å²) in [6, 6.07) is 13.1. The Labute approximate surface area is 158 Å². The number of para-hydroxylation sites is 1. The summed E-state index contributed by atoms with van der Waals surface area (Å²) in [6.45, 7) is 0.476. The van der Waals surface area contributed by atoms with E-state index < -0.39 is 5.97 Å². The van der Waals surface area contributed by atoms with Crippen molar-refractivity contribution in [1.82, 2.24) is 0 Å². The largest absolute Gasteiger partial charge is 0.478 e. The Bertz CT molecular complexity index is 867. The van der Waals surface area contributed by atoms with Crippen molar-refractivity contribution in [3.05, 3.63) is 69.1 Å². The maximum atomic E-state index is 11.1. The van der Waals surface area contributed by atoms with Crippen molar-refractivity contribution in [2.75, 3.05) is 4.90 Å². The number of thioether (sulfide) groups is 1. The second-order valence-electron chi connectivity index (χ2n) is 5.06. The molecule has 1 aliphatic rings. The van der Waals surface area contributed by atoms with Gasteiger partial charge in [-0.25, -0.2) is 4.79 Å². The van der Waals surface area contributed by atoms with Crippen LogP contribution in [0.15, 0.2) is 58.3 Å². The molecule has 0 fully saturated rings. The first-order valence-electron chi connectivity index (χ1n) is 6.93. The maximum Gasteiger partial charge on any atom is 0.329 e. The molecule has 0 aromatic heterocycles. The third-order valence-electron chi connectivity index (χ3n) is 3.41. The maximum absolute atomic E-state index is 11.1. The standard InChI is InChI=1S/C17H11Cl2NO2S2/c18-11-6-5-10(7-12(11)19)9-20-13-3-1-2-4-14(13)24-15(17(20)23)8-16(21)22/h1-8H,9H2,(H,21,22). The zero-order valence-electron chi connectivity index (χ0n) is 12.2. The zero-order chi connectivity index (χ0) is 17.3. The number of halogens is 2. The van der Waals surface area contributed by atoms with Crippen molar-refractivity contribution in [3.63, 3.8) is 0 Å². The van der Waals surface area contributed by atoms with Crippen LogP contribution >= 0.6 is 47.2 Å². The lowest BCUT2D eigenvalue weighted by molar-refractivity contribution is -0.131. The van der Waals surface area contributed by atoms with Crippen molar-refractivity contribution < 1.29 is 9.90 Å². The summed E-state index contributed by atoms with van der Waals surface area (Å²) in [4.78, 5) is 15.0. The third-order valence-corrected chi connectivity index (χ3v) is 5.82. The average Bonchev–Trinajstić information content (AvgIpc) is 2.54. The number of anilines is 1. The minimum absolute atomic E-state index is 0.473. The summed E-state index contributed by atoms with van der Waals surface area (Å²) in [5.74, 6) is -1.02. The first kappa shape index (κ1) is 17.3. The molecule has 2 aromatic rings. The van der Waals surface area contributed by atoms with Gasteiger partial charge >= 0.3 is 5.97 Å². The molecule has 0 amide bonds. The number of aliphatic carboxylic acids is 1. The fourth-order valence-corrected chi connectivity index (χ4v) is 4.04. The summed E-state index contributed by atoms with van der Waals surface area (Å²) >= 11 is 18.9. The molecule has 2 aromatic carbocycles. The second kappa shape index (κ2) is 7.15. The predicted octanol–water partition coefficient (Wildman–Crippen LogP) is 5.40. The van der Waals surface area contributed by atoms with Crippen LogP contribution in [0.4, 0.5) is 5.69 Å². The Morgan fingerprint density at radius 1 is 1.21 bits per heavy atom. The van der Waals surface area contributed by atoms with Gasteiger partial charge in [0.1, 0.15) is 4.99 Å². The predicted molar refractivity (Wildman–Crippen MR) is 103 cm³/mol. The van der Waals surface area contributed by atoms with Gasteiger partial charge < -0.3 is 10.0 Å². The van der Waals surface area contributed by atoms with Crippen LogP contribution in [0.25, 0.3) is 0 Å². The van der Waals surface area contributed by atoms with E-state index in [1.165, 1.54) is 11.8 Å². The molecule has 0 saturated carbocycles. The van der Waals surface area contributed by atoms with Gasteiger partial charge in [0.05, 0.1) is 20.6 Å². The van der Waals surface area contributed by atoms with E-state index in [-0.39, 0.29) is 0 Å². The van der Waals surface area contributed by atoms with E-state index >= 15 is 0 Å². The van der Waals surface area contributed by atoms with Crippen LogP contribution in [0, 0.1) is 0 Å². The normalized spacial score (nSPS) is 15.5. The van der Waals surface area contributed by atoms with Gasteiger partial charge in [-0.3, -0.25) is 0 Å². The first-order chi connectivity index (χ1) is 11.5. The average molecular weight is 396 g/mol. The highest BCUT2D eigenvalue weighted by Crippen LogP contribution is 2.42. The molecule has 3 rings (SSSR count). The Kier molecular flexibility index (Phi) is 5.15. The molecule has 7 heteroatoms. The van der Waals surface area contributed by atoms with Gasteiger partial charge in [0.2, 0.25) is 0 Å². The van der Waals surface area contributed by atoms with Crippen molar-refractivity contribution in [2.45, 2.75) is 11.4 Å². The highest BCUT2D eigenvalue weighted by molar-refractivity contribution is 8.05. The van der Waals surface area contributed by atoms with E-state index in [9.17, 15) is 4.79 Å². The fourth-order valence-electron chi connectivity index (χ4n) is 2.35. The molecule has 0 aliphatic carbocycles. The number of hydrogen-bond acceptors (Lipinski definition) is 3. The number of benzene rings is 2. The van der Waals surface area contributed by atoms with Crippen molar-refractivity contribution in [3.8, 4) is 0 Å². The third kappa shape index (κ3) is 3.59. The molecular weight excluding hydrogens is 385 g/mol. The Hall–Kier alpha value is -1.53. The summed E-state index contributed by atoms with van der Waals surface area (Å²) in [5, 5.41) is 10.0. The van der Waals surface area contributed by atoms with Gasteiger partial charge in [-0.15, -0.1) is 0 Å². The number of nitrogens with zero attached hydrogens (tertiary/aromatic N) is 1. The van der Waals surface area contributed by atoms with Gasteiger partial charge in [0, 0.05) is 17.5 Å². The van der Waals surface area contributed by atoms with Gasteiger partial charge in [0.15, 0.2) is 0 Å². The number of rotatable bonds is 3. The molecule has 1 N–H and O–H groups in total. The molecule has 122 valence electrons. The lowest BCUT2D eigenvalue weighted by Crippen LogP contribution is -2.32. The van der Waals surface area contributed by atoms with Crippen LogP contribution in [-0.4, -0.2) is 16.1 Å². The molecule has 1 aliphatic heterocycles. The number of carboxylic acids is 1. The molecule has 0 atom stereocenters. The van der Waals surface area contributed by atoms with E-state index in [0.29, 0.717) is 26.5 Å². The highest BCUT2D eigenvalue weighted by atomic mass is 35.5. The van der Waals surface area contributed by atoms with E-state index in [1.54, 1.807) is 12.1 Å². The first-order valence-corrected chi connectivity index (χ1v) is 8.91. The zero-order valence-corrected chi connectivity index (χ0v) is 15.3. The van der Waals surface area contributed by atoms with E-state index in [2.05, 4.69) is 0 Å². The smallest absolute Gasteiger partial charge is 0.329 e. The molecule has 3 nitrogen and oxygen atoms in total. The van der Waals surface area contributed by atoms with Crippen molar-refractivity contribution in [1.29, 1.82) is 0 Å². The number of carboxylic acid groups (broad SMARTS) is 1. The summed E-state index contributed by atoms with van der Waals surface area (Å²) in [5.41, 5.74) is 1.88. The van der Waals surface area contributed by atoms with Gasteiger partial charge in [-0.05, 0) is 29.8 Å². The summed E-state index contributed by atoms with van der Waals surface area (Å²) in [7, 11) is 0. The molecule has 0 unspecified atom stereocenters. The fraction of sp³-hybridized carbons (Fsp3) is 0.0588. The molecule has 0 radical (unpaired) electrons. The lowest BCUT2D eigenvalue weighted by Gasteiger charge is -2.32. The van der Waals surface area contributed by atoms with Gasteiger partial charge in [-0.1, -0.05) is 65.4 Å². The van der Waals surface area contributed by atoms with Crippen LogP contribution in [0.2, 0.25) is 10.0 Å². The molecule has 0 spiro atoms. The number of carbonyl (C=O) groups is 1. The summed E-state index contributed by atoms with van der Waals surface area (Å²) in [6.07, 6.45) is 1.14. The number of thiocarbonyl (C=S) groups is 1. The van der Waals surface area contributed by atoms with Crippen LogP contribution in [0.3, 0.4) is 0 Å². The van der Waals surface area contributed by atoms with Crippen molar-refractivity contribution in [2.24, 2.45) is 0 Å². The van der Waals surface area contributed by atoms with E-state index in [4.69, 9.17) is 40.5 Å². The molecule has 24 heavy (non-hydrogen) atoms. The quantitative estimate of drug-likeness (QED) is 0.556. The Morgan fingerprint density at radius 2 is 1.96 bits per heavy atom. The Balaban J connectivity index is 2.02. The monoisotopic (exact) mass is 395 g/mol. The highest BCUT2D eigenvalue weighted by Gasteiger charge is 2.26. The lowest BCUT2D eigenvalue weighted by atomic mass is 10.2. The van der Waals surface area contributed by atoms with Crippen LogP contribution in [-0.2, 0) is 11.3 Å². The summed E-state index contributed by atoms with van der Waals surface area (Å²) < 4.78 is 0. The molecule has 1 heterocycles.